The van der Waals surface area contributed by atoms with Crippen molar-refractivity contribution in [2.45, 2.75) is 18.7 Å². The summed E-state index contributed by atoms with van der Waals surface area (Å²) in [5.41, 5.74) is 1.22. The van der Waals surface area contributed by atoms with Gasteiger partial charge < -0.3 is 5.32 Å². The Morgan fingerprint density at radius 3 is 2.52 bits per heavy atom. The third kappa shape index (κ3) is 3.81. The lowest BCUT2D eigenvalue weighted by Crippen LogP contribution is -2.11. The van der Waals surface area contributed by atoms with E-state index in [0.29, 0.717) is 16.3 Å². The van der Waals surface area contributed by atoms with E-state index in [2.05, 4.69) is 10.3 Å². The highest BCUT2D eigenvalue weighted by atomic mass is 32.2. The molecular weight excluding hydrogens is 376 g/mol. The Kier molecular flexibility index (Phi) is 5.03. The zero-order chi connectivity index (χ0) is 18.0. The van der Waals surface area contributed by atoms with Crippen LogP contribution in [0.3, 0.4) is 0 Å². The summed E-state index contributed by atoms with van der Waals surface area (Å²) in [7, 11) is -3.24. The molecule has 0 saturated carbocycles. The first kappa shape index (κ1) is 17.8. The number of hydrogen-bond donors (Lipinski definition) is 1. The lowest BCUT2D eigenvalue weighted by Gasteiger charge is -2.06. The van der Waals surface area contributed by atoms with Crippen molar-refractivity contribution >= 4 is 44.1 Å². The molecule has 25 heavy (non-hydrogen) atoms. The van der Waals surface area contributed by atoms with Gasteiger partial charge in [-0.05, 0) is 42.6 Å². The van der Waals surface area contributed by atoms with Gasteiger partial charge in [0, 0.05) is 5.69 Å². The smallest absolute Gasteiger partial charge is 0.267 e. The molecule has 0 atom stereocenters. The molecule has 0 aliphatic rings. The van der Waals surface area contributed by atoms with Crippen molar-refractivity contribution in [2.75, 3.05) is 11.1 Å². The van der Waals surface area contributed by atoms with E-state index in [-0.39, 0.29) is 16.6 Å². The van der Waals surface area contributed by atoms with Gasteiger partial charge in [-0.25, -0.2) is 13.4 Å². The molecule has 5 nitrogen and oxygen atoms in total. The van der Waals surface area contributed by atoms with E-state index in [9.17, 15) is 13.2 Å². The highest BCUT2D eigenvalue weighted by molar-refractivity contribution is 7.91. The molecule has 0 saturated heterocycles. The number of anilines is 1. The summed E-state index contributed by atoms with van der Waals surface area (Å²) < 4.78 is 23.6. The number of thiophene rings is 1. The topological polar surface area (TPSA) is 76.1 Å². The van der Waals surface area contributed by atoms with Gasteiger partial charge in [0.25, 0.3) is 5.91 Å². The van der Waals surface area contributed by atoms with Crippen molar-refractivity contribution in [1.29, 1.82) is 0 Å². The first-order valence-electron chi connectivity index (χ1n) is 7.56. The molecular formula is C17H16N2O3S3. The molecule has 8 heteroatoms. The number of carbonyl (C=O) groups is 1. The van der Waals surface area contributed by atoms with Gasteiger partial charge in [0.15, 0.2) is 9.84 Å². The second-order valence-electron chi connectivity index (χ2n) is 5.29. The van der Waals surface area contributed by atoms with Crippen LogP contribution >= 0.6 is 22.7 Å². The van der Waals surface area contributed by atoms with E-state index < -0.39 is 9.84 Å². The number of benzene rings is 1. The number of amides is 1. The Hall–Kier alpha value is -2.03. The van der Waals surface area contributed by atoms with Crippen LogP contribution in [-0.2, 0) is 9.84 Å². The predicted octanol–water partition coefficient (Wildman–Crippen LogP) is 4.23. The summed E-state index contributed by atoms with van der Waals surface area (Å²) in [5, 5.41) is 5.59. The van der Waals surface area contributed by atoms with Crippen LogP contribution in [0.1, 0.15) is 22.3 Å². The van der Waals surface area contributed by atoms with E-state index in [1.54, 1.807) is 37.3 Å². The van der Waals surface area contributed by atoms with Crippen LogP contribution in [0.15, 0.2) is 46.7 Å². The fourth-order valence-corrected chi connectivity index (χ4v) is 4.86. The molecule has 3 rings (SSSR count). The Bertz CT molecular complexity index is 988. The maximum Gasteiger partial charge on any atom is 0.267 e. The minimum absolute atomic E-state index is 0.0459. The zero-order valence-corrected chi connectivity index (χ0v) is 16.1. The molecule has 0 unspecified atom stereocenters. The number of nitrogens with one attached hydrogen (secondary N) is 1. The van der Waals surface area contributed by atoms with Gasteiger partial charge in [-0.1, -0.05) is 13.0 Å². The second-order valence-corrected chi connectivity index (χ2v) is 9.52. The lowest BCUT2D eigenvalue weighted by atomic mass is 10.3. The van der Waals surface area contributed by atoms with Crippen molar-refractivity contribution in [3.8, 4) is 9.88 Å². The molecule has 1 aromatic carbocycles. The van der Waals surface area contributed by atoms with Crippen LogP contribution < -0.4 is 5.32 Å². The van der Waals surface area contributed by atoms with E-state index in [0.717, 1.165) is 9.88 Å². The molecule has 0 fully saturated rings. The molecule has 1 N–H and O–H groups in total. The van der Waals surface area contributed by atoms with Crippen molar-refractivity contribution in [3.05, 3.63) is 52.3 Å². The van der Waals surface area contributed by atoms with Crippen LogP contribution in [0.5, 0.6) is 0 Å². The third-order valence-corrected chi connectivity index (χ3v) is 7.53. The number of rotatable bonds is 5. The van der Waals surface area contributed by atoms with Gasteiger partial charge in [0.1, 0.15) is 9.88 Å². The van der Waals surface area contributed by atoms with Gasteiger partial charge in [0.2, 0.25) is 0 Å². The number of nitrogens with zero attached hydrogens (tertiary/aromatic N) is 1. The molecule has 0 spiro atoms. The molecule has 0 bridgehead atoms. The average molecular weight is 393 g/mol. The van der Waals surface area contributed by atoms with E-state index >= 15 is 0 Å². The average Bonchev–Trinajstić information content (AvgIpc) is 3.24. The van der Waals surface area contributed by atoms with Gasteiger partial charge >= 0.3 is 0 Å². The van der Waals surface area contributed by atoms with Crippen LogP contribution in [0.2, 0.25) is 0 Å². The van der Waals surface area contributed by atoms with Gasteiger partial charge in [-0.15, -0.1) is 22.7 Å². The van der Waals surface area contributed by atoms with Crippen molar-refractivity contribution in [3.63, 3.8) is 0 Å². The zero-order valence-electron chi connectivity index (χ0n) is 13.6. The number of hydrogen-bond acceptors (Lipinski definition) is 6. The van der Waals surface area contributed by atoms with Crippen LogP contribution in [-0.4, -0.2) is 25.1 Å². The predicted molar refractivity (Wildman–Crippen MR) is 102 cm³/mol. The van der Waals surface area contributed by atoms with Gasteiger partial charge in [0.05, 0.1) is 21.2 Å². The second kappa shape index (κ2) is 7.07. The van der Waals surface area contributed by atoms with E-state index in [1.165, 1.54) is 23.5 Å². The van der Waals surface area contributed by atoms with Crippen molar-refractivity contribution < 1.29 is 13.2 Å². The SMILES string of the molecule is CCS(=O)(=O)c1ccc(NC(=O)c2sc(-c3cccs3)nc2C)cc1. The molecule has 2 heterocycles. The molecule has 3 aromatic rings. The molecule has 130 valence electrons. The third-order valence-electron chi connectivity index (χ3n) is 3.59. The summed E-state index contributed by atoms with van der Waals surface area (Å²) in [5.74, 6) is -0.200. The fraction of sp³-hybridized carbons (Fsp3) is 0.176. The normalized spacial score (nSPS) is 11.4. The Morgan fingerprint density at radius 2 is 1.92 bits per heavy atom. The number of carbonyl (C=O) groups excluding carboxylic acids is 1. The summed E-state index contributed by atoms with van der Waals surface area (Å²) in [6.45, 7) is 3.40. The summed E-state index contributed by atoms with van der Waals surface area (Å²) in [6, 6.07) is 10.1. The standard InChI is InChI=1S/C17H16N2O3S3/c1-3-25(21,22)13-8-6-12(7-9-13)19-16(20)15-11(2)18-17(24-15)14-5-4-10-23-14/h4-10H,3H2,1-2H3,(H,19,20). The van der Waals surface area contributed by atoms with Crippen LogP contribution in [0, 0.1) is 6.92 Å². The van der Waals surface area contributed by atoms with Crippen LogP contribution in [0.25, 0.3) is 9.88 Å². The summed E-state index contributed by atoms with van der Waals surface area (Å²) >= 11 is 2.93. The molecule has 2 aromatic heterocycles. The quantitative estimate of drug-likeness (QED) is 0.705. The first-order chi connectivity index (χ1) is 11.9. The Morgan fingerprint density at radius 1 is 1.20 bits per heavy atom. The van der Waals surface area contributed by atoms with Crippen molar-refractivity contribution in [1.82, 2.24) is 4.98 Å². The van der Waals surface area contributed by atoms with Crippen LogP contribution in [0.4, 0.5) is 5.69 Å². The summed E-state index contributed by atoms with van der Waals surface area (Å²) in [6.07, 6.45) is 0. The Balaban J connectivity index is 1.79. The maximum absolute atomic E-state index is 12.5. The largest absolute Gasteiger partial charge is 0.321 e. The number of sulfone groups is 1. The van der Waals surface area contributed by atoms with E-state index in [1.807, 2.05) is 17.5 Å². The molecule has 0 aliphatic carbocycles. The molecule has 1 amide bonds. The maximum atomic E-state index is 12.5. The first-order valence-corrected chi connectivity index (χ1v) is 10.9. The fourth-order valence-electron chi connectivity index (χ4n) is 2.21. The highest BCUT2D eigenvalue weighted by Crippen LogP contribution is 2.31. The van der Waals surface area contributed by atoms with Crippen molar-refractivity contribution in [2.24, 2.45) is 0 Å². The number of aryl methyl sites for hydroxylation is 1. The van der Waals surface area contributed by atoms with Gasteiger partial charge in [-0.3, -0.25) is 4.79 Å². The number of thiazole rings is 1. The summed E-state index contributed by atoms with van der Waals surface area (Å²) in [4.78, 5) is 18.8. The molecule has 0 aliphatic heterocycles. The minimum atomic E-state index is -3.24. The highest BCUT2D eigenvalue weighted by Gasteiger charge is 2.17. The monoisotopic (exact) mass is 392 g/mol. The Labute approximate surface area is 154 Å². The van der Waals surface area contributed by atoms with Gasteiger partial charge in [-0.2, -0.15) is 0 Å². The number of aromatic nitrogens is 1. The minimum Gasteiger partial charge on any atom is -0.321 e. The molecule has 0 radical (unpaired) electrons. The van der Waals surface area contributed by atoms with E-state index in [4.69, 9.17) is 0 Å². The lowest BCUT2D eigenvalue weighted by molar-refractivity contribution is 0.103.